The molecule has 5 heteroatoms. The van der Waals surface area contributed by atoms with Crippen LogP contribution >= 0.6 is 0 Å². The first-order valence-electron chi connectivity index (χ1n) is 14.6. The minimum absolute atomic E-state index is 0.0144. The molecular weight excluding hydrogens is 512 g/mol. The average molecular weight is 553 g/mol. The van der Waals surface area contributed by atoms with Gasteiger partial charge >= 0.3 is 0 Å². The summed E-state index contributed by atoms with van der Waals surface area (Å²) in [5.41, 5.74) is 6.59. The van der Waals surface area contributed by atoms with Crippen LogP contribution in [0.25, 0.3) is 0 Å². The van der Waals surface area contributed by atoms with Gasteiger partial charge in [-0.2, -0.15) is 0 Å². The van der Waals surface area contributed by atoms with E-state index in [1.54, 1.807) is 0 Å². The van der Waals surface area contributed by atoms with Crippen LogP contribution in [0.1, 0.15) is 59.3 Å². The molecule has 1 aliphatic rings. The van der Waals surface area contributed by atoms with Crippen molar-refractivity contribution < 1.29 is 24.1 Å². The van der Waals surface area contributed by atoms with Crippen LogP contribution in [0.3, 0.4) is 0 Å². The third-order valence-corrected chi connectivity index (χ3v) is 7.47. The van der Waals surface area contributed by atoms with Gasteiger partial charge in [0.05, 0.1) is 51.3 Å². The molecule has 5 nitrogen and oxygen atoms in total. The summed E-state index contributed by atoms with van der Waals surface area (Å²) < 4.78 is 24.8. The van der Waals surface area contributed by atoms with Crippen molar-refractivity contribution in [2.24, 2.45) is 0 Å². The molecule has 1 N–H and O–H groups in total. The van der Waals surface area contributed by atoms with Gasteiger partial charge in [-0.15, -0.1) is 0 Å². The van der Waals surface area contributed by atoms with Crippen molar-refractivity contribution in [2.45, 2.75) is 64.3 Å². The highest BCUT2D eigenvalue weighted by Crippen LogP contribution is 2.36. The zero-order chi connectivity index (χ0) is 28.3. The van der Waals surface area contributed by atoms with Crippen molar-refractivity contribution in [2.75, 3.05) is 13.2 Å². The number of aliphatic hydroxyl groups is 1. The summed E-state index contributed by atoms with van der Waals surface area (Å²) in [5, 5.41) is 10.2. The fourth-order valence-electron chi connectivity index (χ4n) is 5.39. The van der Waals surface area contributed by atoms with E-state index in [0.29, 0.717) is 26.4 Å². The Balaban J connectivity index is 1.31. The zero-order valence-electron chi connectivity index (χ0n) is 23.8. The molecule has 0 radical (unpaired) electrons. The van der Waals surface area contributed by atoms with Gasteiger partial charge in [-0.05, 0) is 58.9 Å². The SMILES string of the molecule is CCOc1ccc(Cc2ccc(CO)c([C@H]3C[C@@H](OCc4ccccc4)C[C@@H](COCc4ccccc4)O3)c2)cc1. The van der Waals surface area contributed by atoms with Crippen molar-refractivity contribution in [1.82, 2.24) is 0 Å². The number of benzene rings is 4. The lowest BCUT2D eigenvalue weighted by Crippen LogP contribution is -2.36. The average Bonchev–Trinajstić information content (AvgIpc) is 3.02. The molecule has 1 aliphatic heterocycles. The lowest BCUT2D eigenvalue weighted by Gasteiger charge is -2.36. The molecule has 0 saturated carbocycles. The Kier molecular flexibility index (Phi) is 10.6. The fourth-order valence-corrected chi connectivity index (χ4v) is 5.39. The maximum Gasteiger partial charge on any atom is 0.119 e. The number of ether oxygens (including phenoxy) is 4. The van der Waals surface area contributed by atoms with E-state index >= 15 is 0 Å². The second kappa shape index (κ2) is 14.9. The first kappa shape index (κ1) is 29.0. The molecule has 0 aliphatic carbocycles. The van der Waals surface area contributed by atoms with Gasteiger partial charge in [0, 0.05) is 12.8 Å². The minimum atomic E-state index is -0.197. The first-order chi connectivity index (χ1) is 20.2. The van der Waals surface area contributed by atoms with E-state index in [2.05, 4.69) is 48.5 Å². The van der Waals surface area contributed by atoms with Crippen molar-refractivity contribution >= 4 is 0 Å². The molecule has 214 valence electrons. The molecule has 1 fully saturated rings. The summed E-state index contributed by atoms with van der Waals surface area (Å²) in [6.45, 7) is 4.19. The lowest BCUT2D eigenvalue weighted by atomic mass is 9.91. The quantitative estimate of drug-likeness (QED) is 0.190. The Bertz CT molecular complexity index is 1320. The van der Waals surface area contributed by atoms with Gasteiger partial charge in [0.15, 0.2) is 0 Å². The monoisotopic (exact) mass is 552 g/mol. The molecular formula is C36H40O5. The van der Waals surface area contributed by atoms with E-state index in [9.17, 15) is 5.11 Å². The molecule has 1 saturated heterocycles. The Labute approximate surface area is 243 Å². The van der Waals surface area contributed by atoms with Crippen LogP contribution in [0, 0.1) is 0 Å². The summed E-state index contributed by atoms with van der Waals surface area (Å²) in [7, 11) is 0. The molecule has 0 amide bonds. The summed E-state index contributed by atoms with van der Waals surface area (Å²) in [6.07, 6.45) is 1.98. The van der Waals surface area contributed by atoms with Crippen molar-refractivity contribution in [3.05, 3.63) is 137 Å². The van der Waals surface area contributed by atoms with Gasteiger partial charge < -0.3 is 24.1 Å². The van der Waals surface area contributed by atoms with Crippen molar-refractivity contribution in [3.8, 4) is 5.75 Å². The molecule has 3 atom stereocenters. The van der Waals surface area contributed by atoms with Gasteiger partial charge in [0.2, 0.25) is 0 Å². The molecule has 0 aromatic heterocycles. The van der Waals surface area contributed by atoms with Crippen LogP contribution in [-0.4, -0.2) is 30.5 Å². The smallest absolute Gasteiger partial charge is 0.119 e. The fraction of sp³-hybridized carbons (Fsp3) is 0.333. The molecule has 4 aromatic rings. The number of aliphatic hydroxyl groups excluding tert-OH is 1. The maximum atomic E-state index is 10.2. The molecule has 0 spiro atoms. The van der Waals surface area contributed by atoms with Crippen LogP contribution in [0.15, 0.2) is 103 Å². The largest absolute Gasteiger partial charge is 0.494 e. The van der Waals surface area contributed by atoms with Crippen LogP contribution in [0.4, 0.5) is 0 Å². The zero-order valence-corrected chi connectivity index (χ0v) is 23.8. The third kappa shape index (κ3) is 8.51. The number of hydrogen-bond donors (Lipinski definition) is 1. The molecule has 4 aromatic carbocycles. The van der Waals surface area contributed by atoms with E-state index < -0.39 is 0 Å². The number of rotatable bonds is 13. The molecule has 41 heavy (non-hydrogen) atoms. The lowest BCUT2D eigenvalue weighted by molar-refractivity contribution is -0.142. The Morgan fingerprint density at radius 2 is 1.44 bits per heavy atom. The normalized spacial score (nSPS) is 18.7. The van der Waals surface area contributed by atoms with Crippen LogP contribution in [0.2, 0.25) is 0 Å². The van der Waals surface area contributed by atoms with E-state index in [4.69, 9.17) is 18.9 Å². The second-order valence-electron chi connectivity index (χ2n) is 10.6. The summed E-state index contributed by atoms with van der Waals surface area (Å²) in [5.74, 6) is 0.880. The minimum Gasteiger partial charge on any atom is -0.494 e. The Hall–Kier alpha value is -3.48. The van der Waals surface area contributed by atoms with E-state index in [0.717, 1.165) is 47.3 Å². The summed E-state index contributed by atoms with van der Waals surface area (Å²) in [4.78, 5) is 0. The maximum absolute atomic E-state index is 10.2. The van der Waals surface area contributed by atoms with Crippen molar-refractivity contribution in [3.63, 3.8) is 0 Å². The standard InChI is InChI=1S/C36H40O5/c1-2-39-32-17-14-27(15-18-32)19-30-13-16-31(23-37)35(20-30)36-22-33(40-25-29-11-7-4-8-12-29)21-34(41-36)26-38-24-28-9-5-3-6-10-28/h3-18,20,33-34,36-37H,2,19,21-26H2,1H3/t33-,34-,36+/m0/s1. The van der Waals surface area contributed by atoms with Crippen LogP contribution < -0.4 is 4.74 Å². The predicted octanol–water partition coefficient (Wildman–Crippen LogP) is 7.19. The number of hydrogen-bond acceptors (Lipinski definition) is 5. The van der Waals surface area contributed by atoms with Gasteiger partial charge in [0.1, 0.15) is 5.75 Å². The van der Waals surface area contributed by atoms with Crippen LogP contribution in [0.5, 0.6) is 5.75 Å². The highest BCUT2D eigenvalue weighted by Gasteiger charge is 2.32. The third-order valence-electron chi connectivity index (χ3n) is 7.47. The van der Waals surface area contributed by atoms with Crippen LogP contribution in [-0.2, 0) is 40.5 Å². The predicted molar refractivity (Wildman–Crippen MR) is 161 cm³/mol. The second-order valence-corrected chi connectivity index (χ2v) is 10.6. The Morgan fingerprint density at radius 1 is 0.756 bits per heavy atom. The van der Waals surface area contributed by atoms with E-state index in [1.807, 2.05) is 61.5 Å². The molecule has 0 unspecified atom stereocenters. The highest BCUT2D eigenvalue weighted by molar-refractivity contribution is 5.37. The first-order valence-corrected chi connectivity index (χ1v) is 14.6. The summed E-state index contributed by atoms with van der Waals surface area (Å²) >= 11 is 0. The van der Waals surface area contributed by atoms with Gasteiger partial charge in [-0.3, -0.25) is 0 Å². The van der Waals surface area contributed by atoms with Gasteiger partial charge in [0.25, 0.3) is 0 Å². The van der Waals surface area contributed by atoms with E-state index in [-0.39, 0.29) is 24.9 Å². The van der Waals surface area contributed by atoms with Gasteiger partial charge in [-0.1, -0.05) is 91.0 Å². The highest BCUT2D eigenvalue weighted by atomic mass is 16.5. The van der Waals surface area contributed by atoms with E-state index in [1.165, 1.54) is 11.1 Å². The van der Waals surface area contributed by atoms with Crippen molar-refractivity contribution in [1.29, 1.82) is 0 Å². The molecule has 5 rings (SSSR count). The van der Waals surface area contributed by atoms with Gasteiger partial charge in [-0.25, -0.2) is 0 Å². The molecule has 0 bridgehead atoms. The summed E-state index contributed by atoms with van der Waals surface area (Å²) in [6, 6.07) is 35.0. The Morgan fingerprint density at radius 3 is 2.12 bits per heavy atom. The topological polar surface area (TPSA) is 57.2 Å². The molecule has 1 heterocycles.